The Morgan fingerprint density at radius 1 is 0.811 bits per heavy atom. The van der Waals surface area contributed by atoms with Crippen LogP contribution in [0.3, 0.4) is 0 Å². The summed E-state index contributed by atoms with van der Waals surface area (Å²) in [6.07, 6.45) is 0.0946. The number of fused-ring (bicyclic) bond motifs is 1. The predicted molar refractivity (Wildman–Crippen MR) is 146 cm³/mol. The molecule has 2 N–H and O–H groups in total. The van der Waals surface area contributed by atoms with E-state index >= 15 is 0 Å². The van der Waals surface area contributed by atoms with Crippen LogP contribution < -0.4 is 15.5 Å². The van der Waals surface area contributed by atoms with Crippen molar-refractivity contribution in [3.8, 4) is 0 Å². The van der Waals surface area contributed by atoms with Crippen LogP contribution in [-0.4, -0.2) is 28.9 Å². The van der Waals surface area contributed by atoms with Gasteiger partial charge in [0, 0.05) is 35.2 Å². The monoisotopic (exact) mass is 509 g/mol. The number of benzene rings is 4. The fourth-order valence-corrected chi connectivity index (χ4v) is 5.23. The summed E-state index contributed by atoms with van der Waals surface area (Å²) in [6.45, 7) is 1.41. The Hall–Kier alpha value is -4.43. The molecule has 0 saturated carbocycles. The van der Waals surface area contributed by atoms with E-state index in [0.29, 0.717) is 22.6 Å². The van der Waals surface area contributed by atoms with Crippen molar-refractivity contribution in [3.63, 3.8) is 0 Å². The Balaban J connectivity index is 1.22. The highest BCUT2D eigenvalue weighted by atomic mass is 32.2. The summed E-state index contributed by atoms with van der Waals surface area (Å²) in [7, 11) is 0. The number of hydrogen-bond donors (Lipinski definition) is 2. The lowest BCUT2D eigenvalue weighted by Gasteiger charge is -2.15. The maximum absolute atomic E-state index is 13.0. The second-order valence-corrected chi connectivity index (χ2v) is 9.92. The Kier molecular flexibility index (Phi) is 6.74. The van der Waals surface area contributed by atoms with Gasteiger partial charge in [-0.2, -0.15) is 0 Å². The molecule has 0 aromatic heterocycles. The van der Waals surface area contributed by atoms with E-state index in [1.165, 1.54) is 23.6 Å². The molecule has 1 unspecified atom stereocenters. The molecule has 1 atom stereocenters. The summed E-state index contributed by atoms with van der Waals surface area (Å²) in [5, 5.41) is 7.09. The first-order valence-electron chi connectivity index (χ1n) is 11.7. The van der Waals surface area contributed by atoms with Crippen LogP contribution in [-0.2, 0) is 14.4 Å². The highest BCUT2D eigenvalue weighted by Gasteiger charge is 2.40. The molecule has 7 nitrogen and oxygen atoms in total. The minimum Gasteiger partial charge on any atom is -0.326 e. The number of carbonyl (C=O) groups is 4. The van der Waals surface area contributed by atoms with Gasteiger partial charge in [-0.3, -0.25) is 19.2 Å². The Bertz CT molecular complexity index is 1520. The molecule has 4 aromatic rings. The average Bonchev–Trinajstić information content (AvgIpc) is 3.17. The molecule has 1 heterocycles. The van der Waals surface area contributed by atoms with Gasteiger partial charge in [-0.05, 0) is 71.4 Å². The molecular weight excluding hydrogens is 486 g/mol. The summed E-state index contributed by atoms with van der Waals surface area (Å²) < 4.78 is 0. The van der Waals surface area contributed by atoms with Crippen LogP contribution in [0.1, 0.15) is 23.7 Å². The van der Waals surface area contributed by atoms with E-state index in [-0.39, 0.29) is 30.0 Å². The highest BCUT2D eigenvalue weighted by molar-refractivity contribution is 8.00. The third-order valence-corrected chi connectivity index (χ3v) is 7.15. The van der Waals surface area contributed by atoms with Crippen LogP contribution in [0.2, 0.25) is 0 Å². The molecule has 0 spiro atoms. The lowest BCUT2D eigenvalue weighted by Crippen LogP contribution is -2.31. The molecule has 8 heteroatoms. The quantitative estimate of drug-likeness (QED) is 0.336. The van der Waals surface area contributed by atoms with Crippen LogP contribution >= 0.6 is 11.8 Å². The van der Waals surface area contributed by atoms with E-state index in [2.05, 4.69) is 10.6 Å². The van der Waals surface area contributed by atoms with E-state index in [1.807, 2.05) is 48.5 Å². The molecular formula is C29H23N3O4S. The molecule has 1 aliphatic heterocycles. The zero-order valence-electron chi connectivity index (χ0n) is 19.9. The summed E-state index contributed by atoms with van der Waals surface area (Å²) in [5.41, 5.74) is 2.27. The summed E-state index contributed by atoms with van der Waals surface area (Å²) in [6, 6.07) is 27.2. The number of nitrogens with zero attached hydrogens (tertiary/aromatic N) is 1. The third kappa shape index (κ3) is 5.39. The molecule has 0 aliphatic carbocycles. The van der Waals surface area contributed by atoms with Gasteiger partial charge in [0.25, 0.3) is 5.91 Å². The van der Waals surface area contributed by atoms with Crippen LogP contribution in [0.25, 0.3) is 10.8 Å². The van der Waals surface area contributed by atoms with Crippen LogP contribution in [0.4, 0.5) is 17.1 Å². The van der Waals surface area contributed by atoms with Crippen LogP contribution in [0.5, 0.6) is 0 Å². The van der Waals surface area contributed by atoms with Crippen molar-refractivity contribution in [2.24, 2.45) is 0 Å². The average molecular weight is 510 g/mol. The molecule has 184 valence electrons. The first-order chi connectivity index (χ1) is 17.9. The van der Waals surface area contributed by atoms with E-state index in [4.69, 9.17) is 0 Å². The normalized spacial score (nSPS) is 15.2. The minimum absolute atomic E-state index is 0.0946. The predicted octanol–water partition coefficient (Wildman–Crippen LogP) is 5.47. The van der Waals surface area contributed by atoms with Crippen molar-refractivity contribution in [1.82, 2.24) is 0 Å². The van der Waals surface area contributed by atoms with Gasteiger partial charge in [0.1, 0.15) is 0 Å². The topological polar surface area (TPSA) is 95.6 Å². The second kappa shape index (κ2) is 10.3. The lowest BCUT2D eigenvalue weighted by atomic mass is 10.1. The smallest absolute Gasteiger partial charge is 0.255 e. The lowest BCUT2D eigenvalue weighted by molar-refractivity contribution is -0.121. The van der Waals surface area contributed by atoms with Gasteiger partial charge in [0.2, 0.25) is 17.7 Å². The molecule has 0 radical (unpaired) electrons. The molecule has 1 saturated heterocycles. The van der Waals surface area contributed by atoms with E-state index in [0.717, 1.165) is 15.7 Å². The van der Waals surface area contributed by atoms with Gasteiger partial charge in [0.05, 0.1) is 10.9 Å². The Morgan fingerprint density at radius 3 is 2.16 bits per heavy atom. The highest BCUT2D eigenvalue weighted by Crippen LogP contribution is 2.34. The molecule has 37 heavy (non-hydrogen) atoms. The SMILES string of the molecule is CC(=O)Nc1ccc(N2C(=O)CC(Sc3ccc(NC(=O)c4ccc5ccccc5c4)cc3)C2=O)cc1. The summed E-state index contributed by atoms with van der Waals surface area (Å²) in [4.78, 5) is 51.5. The first kappa shape index (κ1) is 24.3. The Morgan fingerprint density at radius 2 is 1.46 bits per heavy atom. The molecule has 5 rings (SSSR count). The number of imide groups is 1. The maximum Gasteiger partial charge on any atom is 0.255 e. The second-order valence-electron chi connectivity index (χ2n) is 8.65. The van der Waals surface area contributed by atoms with Crippen molar-refractivity contribution >= 4 is 63.2 Å². The van der Waals surface area contributed by atoms with Crippen molar-refractivity contribution in [1.29, 1.82) is 0 Å². The van der Waals surface area contributed by atoms with Gasteiger partial charge in [-0.25, -0.2) is 4.90 Å². The summed E-state index contributed by atoms with van der Waals surface area (Å²) >= 11 is 1.32. The first-order valence-corrected chi connectivity index (χ1v) is 12.6. The molecule has 1 aliphatic rings. The Labute approximate surface area is 217 Å². The number of rotatable bonds is 6. The minimum atomic E-state index is -0.541. The van der Waals surface area contributed by atoms with Gasteiger partial charge >= 0.3 is 0 Å². The van der Waals surface area contributed by atoms with Crippen molar-refractivity contribution in [2.45, 2.75) is 23.5 Å². The standard InChI is InChI=1S/C29H23N3O4S/c1-18(33)30-22-8-12-24(13-9-22)32-27(34)17-26(29(32)36)37-25-14-10-23(11-15-25)31-28(35)21-7-6-19-4-2-3-5-20(19)16-21/h2-16,26H,17H2,1H3,(H,30,33)(H,31,35). The molecule has 1 fully saturated rings. The number of carbonyl (C=O) groups excluding carboxylic acids is 4. The third-order valence-electron chi connectivity index (χ3n) is 5.95. The van der Waals surface area contributed by atoms with E-state index < -0.39 is 5.25 Å². The number of amides is 4. The number of hydrogen-bond acceptors (Lipinski definition) is 5. The summed E-state index contributed by atoms with van der Waals surface area (Å²) in [5.74, 6) is -0.954. The fraction of sp³-hybridized carbons (Fsp3) is 0.103. The molecule has 4 aromatic carbocycles. The van der Waals surface area contributed by atoms with Gasteiger partial charge < -0.3 is 10.6 Å². The zero-order valence-corrected chi connectivity index (χ0v) is 20.7. The van der Waals surface area contributed by atoms with Crippen LogP contribution in [0.15, 0.2) is 95.9 Å². The number of nitrogens with one attached hydrogen (secondary N) is 2. The maximum atomic E-state index is 13.0. The van der Waals surface area contributed by atoms with Crippen molar-refractivity contribution < 1.29 is 19.2 Å². The number of anilines is 3. The molecule has 4 amide bonds. The van der Waals surface area contributed by atoms with Gasteiger partial charge in [-0.15, -0.1) is 11.8 Å². The van der Waals surface area contributed by atoms with E-state index in [1.54, 1.807) is 42.5 Å². The molecule has 0 bridgehead atoms. The van der Waals surface area contributed by atoms with Crippen molar-refractivity contribution in [2.75, 3.05) is 15.5 Å². The van der Waals surface area contributed by atoms with Gasteiger partial charge in [0.15, 0.2) is 0 Å². The number of thioether (sulfide) groups is 1. The zero-order chi connectivity index (χ0) is 25.9. The fourth-order valence-electron chi connectivity index (χ4n) is 4.18. The largest absolute Gasteiger partial charge is 0.326 e. The van der Waals surface area contributed by atoms with Crippen molar-refractivity contribution in [3.05, 3.63) is 96.6 Å². The van der Waals surface area contributed by atoms with Crippen LogP contribution in [0, 0.1) is 0 Å². The van der Waals surface area contributed by atoms with E-state index in [9.17, 15) is 19.2 Å². The van der Waals surface area contributed by atoms with Gasteiger partial charge in [-0.1, -0.05) is 30.3 Å².